The van der Waals surface area contributed by atoms with E-state index in [1.54, 1.807) is 0 Å². The molecule has 2 aromatic rings. The van der Waals surface area contributed by atoms with E-state index in [1.165, 1.54) is 0 Å². The Morgan fingerprint density at radius 1 is 1.27 bits per heavy atom. The van der Waals surface area contributed by atoms with Gasteiger partial charge in [-0.2, -0.15) is 5.10 Å². The van der Waals surface area contributed by atoms with Gasteiger partial charge < -0.3 is 15.5 Å². The van der Waals surface area contributed by atoms with Crippen LogP contribution in [0.1, 0.15) is 43.1 Å². The molecule has 0 unspecified atom stereocenters. The summed E-state index contributed by atoms with van der Waals surface area (Å²) in [5.41, 5.74) is 3.08. The Labute approximate surface area is 195 Å². The highest BCUT2D eigenvalue weighted by Crippen LogP contribution is 2.11. The van der Waals surface area contributed by atoms with E-state index in [4.69, 9.17) is 0 Å². The van der Waals surface area contributed by atoms with Crippen molar-refractivity contribution in [2.75, 3.05) is 26.2 Å². The lowest BCUT2D eigenvalue weighted by Gasteiger charge is -2.16. The first-order chi connectivity index (χ1) is 14.1. The number of likely N-dealkylation sites (tertiary alicyclic amines) is 1. The lowest BCUT2D eigenvalue weighted by Crippen LogP contribution is -2.39. The number of hydrogen-bond donors (Lipinski definition) is 2. The van der Waals surface area contributed by atoms with Crippen molar-refractivity contribution in [1.29, 1.82) is 0 Å². The van der Waals surface area contributed by atoms with Crippen LogP contribution >= 0.6 is 24.0 Å². The van der Waals surface area contributed by atoms with Crippen LogP contribution < -0.4 is 10.6 Å². The summed E-state index contributed by atoms with van der Waals surface area (Å²) in [5, 5.41) is 11.1. The van der Waals surface area contributed by atoms with Gasteiger partial charge in [-0.3, -0.25) is 4.79 Å². The Bertz CT molecular complexity index is 848. The average molecular weight is 525 g/mol. The van der Waals surface area contributed by atoms with Crippen LogP contribution in [-0.2, 0) is 11.3 Å². The lowest BCUT2D eigenvalue weighted by molar-refractivity contribution is -0.127. The zero-order valence-corrected chi connectivity index (χ0v) is 20.3. The molecule has 0 bridgehead atoms. The molecule has 0 aliphatic carbocycles. The molecule has 3 rings (SSSR count). The summed E-state index contributed by atoms with van der Waals surface area (Å²) in [6.45, 7) is 9.88. The van der Waals surface area contributed by atoms with Gasteiger partial charge in [-0.15, -0.1) is 24.0 Å². The number of pyridine rings is 1. The molecule has 30 heavy (non-hydrogen) atoms. The third kappa shape index (κ3) is 6.68. The largest absolute Gasteiger partial charge is 0.357 e. The normalized spacial score (nSPS) is 14.0. The number of halogens is 1. The fraction of sp³-hybridized carbons (Fsp3) is 0.524. The second-order valence-corrected chi connectivity index (χ2v) is 7.32. The molecule has 9 heteroatoms. The predicted molar refractivity (Wildman–Crippen MR) is 129 cm³/mol. The minimum absolute atomic E-state index is 0. The third-order valence-corrected chi connectivity index (χ3v) is 4.87. The summed E-state index contributed by atoms with van der Waals surface area (Å²) < 4.78 is 1.85. The maximum atomic E-state index is 11.7. The first kappa shape index (κ1) is 24.1. The maximum Gasteiger partial charge on any atom is 0.222 e. The van der Waals surface area contributed by atoms with E-state index < -0.39 is 0 Å². The van der Waals surface area contributed by atoms with Gasteiger partial charge in [0, 0.05) is 44.5 Å². The number of aryl methyl sites for hydroxylation is 2. The van der Waals surface area contributed by atoms with E-state index in [0.29, 0.717) is 13.0 Å². The van der Waals surface area contributed by atoms with Gasteiger partial charge >= 0.3 is 0 Å². The highest BCUT2D eigenvalue weighted by Gasteiger charge is 2.18. The number of aliphatic imine (C=N–C) groups is 1. The summed E-state index contributed by atoms with van der Waals surface area (Å²) in [7, 11) is 0. The van der Waals surface area contributed by atoms with E-state index in [2.05, 4.69) is 25.7 Å². The molecule has 1 aliphatic rings. The van der Waals surface area contributed by atoms with Gasteiger partial charge in [-0.25, -0.2) is 14.7 Å². The average Bonchev–Trinajstić information content (AvgIpc) is 3.27. The molecule has 2 N–H and O–H groups in total. The van der Waals surface area contributed by atoms with E-state index >= 15 is 0 Å². The van der Waals surface area contributed by atoms with Gasteiger partial charge in [0.1, 0.15) is 0 Å². The van der Waals surface area contributed by atoms with Crippen molar-refractivity contribution < 1.29 is 4.79 Å². The minimum Gasteiger partial charge on any atom is -0.357 e. The molecule has 0 spiro atoms. The summed E-state index contributed by atoms with van der Waals surface area (Å²) in [5.74, 6) is 1.87. The zero-order valence-electron chi connectivity index (χ0n) is 18.0. The number of amides is 1. The summed E-state index contributed by atoms with van der Waals surface area (Å²) in [6.07, 6.45) is 4.44. The van der Waals surface area contributed by atoms with E-state index in [-0.39, 0.29) is 29.9 Å². The van der Waals surface area contributed by atoms with Crippen LogP contribution in [0.4, 0.5) is 0 Å². The Balaban J connectivity index is 0.00000320. The molecule has 0 radical (unpaired) electrons. The van der Waals surface area contributed by atoms with Crippen LogP contribution in [0.2, 0.25) is 0 Å². The number of carbonyl (C=O) groups is 1. The van der Waals surface area contributed by atoms with Crippen molar-refractivity contribution >= 4 is 35.8 Å². The highest BCUT2D eigenvalue weighted by molar-refractivity contribution is 14.0. The van der Waals surface area contributed by atoms with Crippen molar-refractivity contribution in [2.24, 2.45) is 4.99 Å². The number of rotatable bonds is 8. The molecular weight excluding hydrogens is 493 g/mol. The monoisotopic (exact) mass is 525 g/mol. The van der Waals surface area contributed by atoms with Gasteiger partial charge in [0.05, 0.1) is 12.2 Å². The molecule has 3 heterocycles. The number of nitrogens with zero attached hydrogens (tertiary/aromatic N) is 5. The Morgan fingerprint density at radius 3 is 2.70 bits per heavy atom. The molecule has 0 atom stereocenters. The Morgan fingerprint density at radius 2 is 2.10 bits per heavy atom. The van der Waals surface area contributed by atoms with E-state index in [0.717, 1.165) is 67.7 Å². The second kappa shape index (κ2) is 11.9. The first-order valence-electron chi connectivity index (χ1n) is 10.4. The molecule has 164 valence electrons. The smallest absolute Gasteiger partial charge is 0.222 e. The molecule has 1 aliphatic heterocycles. The van der Waals surface area contributed by atoms with Crippen LogP contribution in [0.15, 0.2) is 29.4 Å². The molecule has 0 aromatic carbocycles. The van der Waals surface area contributed by atoms with Crippen LogP contribution in [0.3, 0.4) is 0 Å². The van der Waals surface area contributed by atoms with Crippen LogP contribution in [-0.4, -0.2) is 57.7 Å². The predicted octanol–water partition coefficient (Wildman–Crippen LogP) is 2.57. The van der Waals surface area contributed by atoms with Crippen LogP contribution in [0.5, 0.6) is 0 Å². The molecule has 0 saturated carbocycles. The Hall–Kier alpha value is -2.17. The Kier molecular flexibility index (Phi) is 9.54. The van der Waals surface area contributed by atoms with Gasteiger partial charge in [-0.05, 0) is 51.3 Å². The molecule has 1 saturated heterocycles. The van der Waals surface area contributed by atoms with Gasteiger partial charge in [0.25, 0.3) is 0 Å². The number of aromatic nitrogens is 3. The topological polar surface area (TPSA) is 87.4 Å². The van der Waals surface area contributed by atoms with Crippen LogP contribution in [0.25, 0.3) is 5.82 Å². The van der Waals surface area contributed by atoms with Crippen molar-refractivity contribution in [2.45, 2.75) is 46.6 Å². The van der Waals surface area contributed by atoms with Gasteiger partial charge in [0.2, 0.25) is 5.91 Å². The minimum atomic E-state index is 0. The summed E-state index contributed by atoms with van der Waals surface area (Å²) in [4.78, 5) is 22.8. The highest BCUT2D eigenvalue weighted by atomic mass is 127. The molecule has 1 fully saturated rings. The van der Waals surface area contributed by atoms with Crippen molar-refractivity contribution in [3.05, 3.63) is 41.3 Å². The SMILES string of the molecule is CCNC(=NCc1ccc(-n2nc(C)cc2C)nc1)NCCCN1CCCC1=O.I. The number of hydrogen-bond acceptors (Lipinski definition) is 4. The van der Waals surface area contributed by atoms with Crippen molar-refractivity contribution in [3.63, 3.8) is 0 Å². The molecule has 8 nitrogen and oxygen atoms in total. The molecule has 1 amide bonds. The zero-order chi connectivity index (χ0) is 20.6. The summed E-state index contributed by atoms with van der Waals surface area (Å²) >= 11 is 0. The van der Waals surface area contributed by atoms with Gasteiger partial charge in [-0.1, -0.05) is 6.07 Å². The standard InChI is InChI=1S/C21H31N7O.HI/c1-4-22-21(23-10-6-12-27-11-5-7-20(27)29)25-15-18-8-9-19(24-14-18)28-17(3)13-16(2)26-28;/h8-9,13-14H,4-7,10-12,15H2,1-3H3,(H2,22,23,25);1H. The van der Waals surface area contributed by atoms with E-state index in [9.17, 15) is 4.79 Å². The molecular formula is C21H32IN7O. The van der Waals surface area contributed by atoms with Crippen LogP contribution in [0, 0.1) is 13.8 Å². The quantitative estimate of drug-likeness (QED) is 0.240. The third-order valence-electron chi connectivity index (χ3n) is 4.87. The van der Waals surface area contributed by atoms with Gasteiger partial charge in [0.15, 0.2) is 11.8 Å². The lowest BCUT2D eigenvalue weighted by atomic mass is 10.3. The number of nitrogens with one attached hydrogen (secondary N) is 2. The maximum absolute atomic E-state index is 11.7. The number of carbonyl (C=O) groups excluding carboxylic acids is 1. The van der Waals surface area contributed by atoms with Crippen molar-refractivity contribution in [1.82, 2.24) is 30.3 Å². The fourth-order valence-corrected chi connectivity index (χ4v) is 3.43. The van der Waals surface area contributed by atoms with Crippen molar-refractivity contribution in [3.8, 4) is 5.82 Å². The first-order valence-corrected chi connectivity index (χ1v) is 10.4. The fourth-order valence-electron chi connectivity index (χ4n) is 3.43. The molecule has 2 aromatic heterocycles. The second-order valence-electron chi connectivity index (χ2n) is 7.32. The number of guanidine groups is 1. The van der Waals surface area contributed by atoms with E-state index in [1.807, 2.05) is 54.7 Å². The summed E-state index contributed by atoms with van der Waals surface area (Å²) in [6, 6.07) is 6.04.